The van der Waals surface area contributed by atoms with Crippen LogP contribution in [0.5, 0.6) is 0 Å². The van der Waals surface area contributed by atoms with Crippen molar-refractivity contribution in [2.45, 2.75) is 50.2 Å². The molecule has 6 atom stereocenters. The van der Waals surface area contributed by atoms with Crippen molar-refractivity contribution in [2.75, 3.05) is 13.2 Å². The van der Waals surface area contributed by atoms with E-state index >= 15 is 0 Å². The predicted molar refractivity (Wildman–Crippen MR) is 96.2 cm³/mol. The number of nitrogens with zero attached hydrogens (tertiary/aromatic N) is 3. The highest BCUT2D eigenvalue weighted by atomic mass is 32.3. The third-order valence-corrected chi connectivity index (χ3v) is 7.20. The van der Waals surface area contributed by atoms with E-state index in [0.29, 0.717) is 41.7 Å². The minimum atomic E-state index is -4.82. The molecule has 0 aromatic rings. The van der Waals surface area contributed by atoms with Crippen molar-refractivity contribution in [1.82, 2.24) is 20.9 Å². The number of urea groups is 1. The highest BCUT2D eigenvalue weighted by Crippen LogP contribution is 2.50. The third kappa shape index (κ3) is 3.25. The minimum Gasteiger partial charge on any atom is -0.309 e. The second kappa shape index (κ2) is 6.79. The molecule has 2 aliphatic carbocycles. The summed E-state index contributed by atoms with van der Waals surface area (Å²) >= 11 is 0. The average molecular weight is 429 g/mol. The van der Waals surface area contributed by atoms with Gasteiger partial charge in [-0.05, 0) is 43.9 Å². The number of amides is 3. The van der Waals surface area contributed by atoms with Crippen molar-refractivity contribution in [2.24, 2.45) is 22.9 Å². The topological polar surface area (TPSA) is 150 Å². The summed E-state index contributed by atoms with van der Waals surface area (Å²) in [6, 6.07) is -1.73. The fraction of sp³-hybridized carbons (Fsp3) is 0.812. The lowest BCUT2D eigenvalue weighted by Crippen LogP contribution is -2.50. The van der Waals surface area contributed by atoms with Crippen LogP contribution in [0.1, 0.15) is 32.1 Å². The summed E-state index contributed by atoms with van der Waals surface area (Å²) in [4.78, 5) is 31.5. The first-order valence-corrected chi connectivity index (χ1v) is 11.2. The van der Waals surface area contributed by atoms with Gasteiger partial charge in [0, 0.05) is 12.5 Å². The lowest BCUT2D eigenvalue weighted by Gasteiger charge is -2.29. The van der Waals surface area contributed by atoms with Gasteiger partial charge >= 0.3 is 16.4 Å². The van der Waals surface area contributed by atoms with Crippen LogP contribution in [-0.2, 0) is 24.3 Å². The van der Waals surface area contributed by atoms with Crippen LogP contribution < -0.4 is 10.9 Å². The van der Waals surface area contributed by atoms with Crippen LogP contribution in [-0.4, -0.2) is 71.9 Å². The number of rotatable bonds is 6. The molecular weight excluding hydrogens is 406 g/mol. The smallest absolute Gasteiger partial charge is 0.309 e. The maximum Gasteiger partial charge on any atom is 0.418 e. The van der Waals surface area contributed by atoms with E-state index in [0.717, 1.165) is 5.71 Å². The van der Waals surface area contributed by atoms with Crippen molar-refractivity contribution in [3.63, 3.8) is 0 Å². The van der Waals surface area contributed by atoms with Gasteiger partial charge in [0.15, 0.2) is 0 Å². The van der Waals surface area contributed by atoms with Crippen LogP contribution in [0.25, 0.3) is 0 Å². The molecule has 5 aliphatic rings. The van der Waals surface area contributed by atoms with Crippen LogP contribution in [0, 0.1) is 17.8 Å². The molecule has 2 saturated heterocycles. The molecule has 29 heavy (non-hydrogen) atoms. The lowest BCUT2D eigenvalue weighted by molar-refractivity contribution is -0.137. The first kappa shape index (κ1) is 19.0. The Bertz CT molecular complexity index is 864. The quantitative estimate of drug-likeness (QED) is 0.375. The molecular formula is C16H23N5O7S. The molecule has 3 N–H and O–H groups in total. The van der Waals surface area contributed by atoms with E-state index in [1.165, 1.54) is 24.2 Å². The summed E-state index contributed by atoms with van der Waals surface area (Å²) in [5.74, 6) is 1.18. The van der Waals surface area contributed by atoms with Crippen molar-refractivity contribution < 1.29 is 31.7 Å². The molecule has 3 amide bonds. The van der Waals surface area contributed by atoms with E-state index in [1.54, 1.807) is 0 Å². The van der Waals surface area contributed by atoms with Crippen LogP contribution >= 0.6 is 0 Å². The number of hydrogen-bond donors (Lipinski definition) is 3. The second-order valence-corrected chi connectivity index (χ2v) is 9.39. The third-order valence-electron chi connectivity index (χ3n) is 6.85. The number of hydroxylamine groups is 3. The maximum absolute atomic E-state index is 12.5. The standard InChI is InChI=1S/C16H23N5O7S/c22-15(12-4-3-10-6-20(12)16(23)21(10)28-29(24,25)26)19-27-7-11-13-8-1-2-9(5-8)14(13)18-17-11/h8-10,12-14,18H,1-7H2,(H,19,22)(H,24,25,26)/t8?,9?,10?,12-,13?,14?/m0/s1. The summed E-state index contributed by atoms with van der Waals surface area (Å²) < 4.78 is 35.1. The fourth-order valence-corrected chi connectivity index (χ4v) is 6.06. The van der Waals surface area contributed by atoms with Gasteiger partial charge in [-0.25, -0.2) is 10.3 Å². The monoisotopic (exact) mass is 429 g/mol. The maximum atomic E-state index is 12.5. The van der Waals surface area contributed by atoms with E-state index in [2.05, 4.69) is 20.3 Å². The average Bonchev–Trinajstić information content (AvgIpc) is 3.41. The van der Waals surface area contributed by atoms with Crippen molar-refractivity contribution in [3.05, 3.63) is 0 Å². The van der Waals surface area contributed by atoms with E-state index in [9.17, 15) is 18.0 Å². The number of hydrogen-bond acceptors (Lipinski definition) is 8. The fourth-order valence-electron chi connectivity index (χ4n) is 5.67. The molecule has 4 fully saturated rings. The number of carbonyl (C=O) groups is 2. The summed E-state index contributed by atoms with van der Waals surface area (Å²) in [7, 11) is -4.82. The van der Waals surface area contributed by atoms with Gasteiger partial charge < -0.3 is 10.3 Å². The SMILES string of the molecule is O=C(NOCC1=NNC2C3CCC(C3)C12)[C@@H]1CCC2CN1C(=O)N2OS(=O)(=O)O. The van der Waals surface area contributed by atoms with Gasteiger partial charge in [0.05, 0.1) is 17.8 Å². The van der Waals surface area contributed by atoms with Crippen molar-refractivity contribution in [1.29, 1.82) is 0 Å². The van der Waals surface area contributed by atoms with E-state index in [1.807, 2.05) is 0 Å². The predicted octanol–water partition coefficient (Wildman–Crippen LogP) is -0.589. The van der Waals surface area contributed by atoms with Crippen molar-refractivity contribution >= 4 is 28.0 Å². The van der Waals surface area contributed by atoms with Gasteiger partial charge in [-0.15, -0.1) is 4.28 Å². The lowest BCUT2D eigenvalue weighted by atomic mass is 9.83. The Morgan fingerprint density at radius 1 is 1.28 bits per heavy atom. The number of piperidine rings is 1. The molecule has 3 heterocycles. The van der Waals surface area contributed by atoms with Crippen LogP contribution in [0.2, 0.25) is 0 Å². The minimum absolute atomic E-state index is 0.135. The van der Waals surface area contributed by atoms with Gasteiger partial charge in [-0.2, -0.15) is 18.6 Å². The zero-order valence-electron chi connectivity index (χ0n) is 15.6. The van der Waals surface area contributed by atoms with E-state index < -0.39 is 34.4 Å². The summed E-state index contributed by atoms with van der Waals surface area (Å²) in [6.07, 6.45) is 4.36. The molecule has 0 spiro atoms. The molecule has 5 rings (SSSR count). The molecule has 0 radical (unpaired) electrons. The molecule has 0 aromatic carbocycles. The van der Waals surface area contributed by atoms with Gasteiger partial charge in [0.1, 0.15) is 12.6 Å². The normalized spacial score (nSPS) is 37.6. The summed E-state index contributed by atoms with van der Waals surface area (Å²) in [5, 5.41) is 5.00. The Balaban J connectivity index is 1.15. The number of hydrazone groups is 1. The Morgan fingerprint density at radius 2 is 2.07 bits per heavy atom. The zero-order valence-corrected chi connectivity index (χ0v) is 16.4. The Hall–Kier alpha value is -1.96. The summed E-state index contributed by atoms with van der Waals surface area (Å²) in [5.41, 5.74) is 6.52. The van der Waals surface area contributed by atoms with Crippen LogP contribution in [0.15, 0.2) is 5.10 Å². The highest BCUT2D eigenvalue weighted by molar-refractivity contribution is 7.80. The van der Waals surface area contributed by atoms with Gasteiger partial charge in [-0.1, -0.05) is 0 Å². The van der Waals surface area contributed by atoms with E-state index in [4.69, 9.17) is 9.39 Å². The Kier molecular flexibility index (Phi) is 4.46. The first-order chi connectivity index (χ1) is 13.8. The Morgan fingerprint density at radius 3 is 2.86 bits per heavy atom. The van der Waals surface area contributed by atoms with E-state index in [-0.39, 0.29) is 13.2 Å². The molecule has 12 nitrogen and oxygen atoms in total. The first-order valence-electron chi connectivity index (χ1n) is 9.82. The largest absolute Gasteiger partial charge is 0.418 e. The number of nitrogens with one attached hydrogen (secondary N) is 2. The molecule has 5 unspecified atom stereocenters. The molecule has 160 valence electrons. The number of fused-ring (bicyclic) bond motifs is 7. The van der Waals surface area contributed by atoms with Crippen LogP contribution in [0.4, 0.5) is 4.79 Å². The molecule has 3 aliphatic heterocycles. The van der Waals surface area contributed by atoms with Crippen LogP contribution in [0.3, 0.4) is 0 Å². The number of carbonyl (C=O) groups excluding carboxylic acids is 2. The zero-order chi connectivity index (χ0) is 20.3. The van der Waals surface area contributed by atoms with Crippen molar-refractivity contribution in [3.8, 4) is 0 Å². The van der Waals surface area contributed by atoms with Gasteiger partial charge in [0.25, 0.3) is 5.91 Å². The second-order valence-electron chi connectivity index (χ2n) is 8.38. The van der Waals surface area contributed by atoms with Gasteiger partial charge in [0.2, 0.25) is 0 Å². The highest BCUT2D eigenvalue weighted by Gasteiger charge is 2.52. The van der Waals surface area contributed by atoms with Gasteiger partial charge in [-0.3, -0.25) is 14.2 Å². The molecule has 2 saturated carbocycles. The summed E-state index contributed by atoms with van der Waals surface area (Å²) in [6.45, 7) is 0.320. The molecule has 0 aromatic heterocycles. The molecule has 4 bridgehead atoms. The molecule has 13 heteroatoms. The Labute approximate surface area is 167 Å².